The third kappa shape index (κ3) is 3.22. The van der Waals surface area contributed by atoms with Gasteiger partial charge in [0.05, 0.1) is 17.5 Å². The molecule has 1 rings (SSSR count). The van der Waals surface area contributed by atoms with Gasteiger partial charge in [-0.1, -0.05) is 12.1 Å². The number of nitrogen functional groups attached to an aromatic ring is 1. The second-order valence-corrected chi connectivity index (χ2v) is 4.64. The second kappa shape index (κ2) is 4.28. The summed E-state index contributed by atoms with van der Waals surface area (Å²) in [5, 5.41) is 0. The number of hydrazine groups is 1. The number of rotatable bonds is 3. The van der Waals surface area contributed by atoms with Gasteiger partial charge in [0.25, 0.3) is 5.91 Å². The number of sulfonamides is 1. The van der Waals surface area contributed by atoms with Crippen LogP contribution >= 0.6 is 0 Å². The number of para-hydroxylation sites is 1. The van der Waals surface area contributed by atoms with Crippen LogP contribution in [0.25, 0.3) is 0 Å². The fourth-order valence-corrected chi connectivity index (χ4v) is 1.63. The monoisotopic (exact) mass is 229 g/mol. The van der Waals surface area contributed by atoms with Crippen molar-refractivity contribution < 1.29 is 13.2 Å². The first-order valence-electron chi connectivity index (χ1n) is 4.02. The third-order valence-electron chi connectivity index (χ3n) is 1.60. The summed E-state index contributed by atoms with van der Waals surface area (Å²) in [6, 6.07) is 6.17. The molecule has 0 bridgehead atoms. The third-order valence-corrected chi connectivity index (χ3v) is 2.19. The quantitative estimate of drug-likeness (QED) is 0.375. The first-order valence-corrected chi connectivity index (χ1v) is 5.91. The molecule has 0 fully saturated rings. The summed E-state index contributed by atoms with van der Waals surface area (Å²) in [5.74, 6) is 4.41. The van der Waals surface area contributed by atoms with E-state index in [1.807, 2.05) is 5.43 Å². The highest BCUT2D eigenvalue weighted by Gasteiger charge is 2.11. The van der Waals surface area contributed by atoms with E-state index < -0.39 is 15.9 Å². The van der Waals surface area contributed by atoms with E-state index >= 15 is 0 Å². The first kappa shape index (κ1) is 11.5. The van der Waals surface area contributed by atoms with E-state index in [1.165, 1.54) is 12.1 Å². The maximum Gasteiger partial charge on any atom is 0.267 e. The normalized spacial score (nSPS) is 10.8. The molecular formula is C8H11N3O3S. The standard InChI is InChI=1S/C8H11N3O3S/c1-15(13,14)11-7-5-3-2-4-6(7)8(12)10-9/h2-5,11H,9H2,1H3,(H,10,12). The molecule has 15 heavy (non-hydrogen) atoms. The molecule has 0 aliphatic heterocycles. The molecule has 0 unspecified atom stereocenters. The number of nitrogens with one attached hydrogen (secondary N) is 2. The van der Waals surface area contributed by atoms with Crippen LogP contribution in [0.1, 0.15) is 10.4 Å². The SMILES string of the molecule is CS(=O)(=O)Nc1ccccc1C(=O)NN. The Labute approximate surface area is 87.5 Å². The van der Waals surface area contributed by atoms with Gasteiger partial charge in [-0.3, -0.25) is 14.9 Å². The van der Waals surface area contributed by atoms with Crippen molar-refractivity contribution in [3.63, 3.8) is 0 Å². The fourth-order valence-electron chi connectivity index (χ4n) is 1.05. The minimum Gasteiger partial charge on any atom is -0.290 e. The Morgan fingerprint density at radius 2 is 1.93 bits per heavy atom. The van der Waals surface area contributed by atoms with E-state index in [1.54, 1.807) is 12.1 Å². The van der Waals surface area contributed by atoms with Crippen LogP contribution in [0.4, 0.5) is 5.69 Å². The highest BCUT2D eigenvalue weighted by Crippen LogP contribution is 2.15. The molecule has 0 aromatic heterocycles. The number of anilines is 1. The van der Waals surface area contributed by atoms with Crippen LogP contribution in [0.3, 0.4) is 0 Å². The van der Waals surface area contributed by atoms with Crippen LogP contribution in [0.5, 0.6) is 0 Å². The molecule has 0 atom stereocenters. The number of nitrogens with two attached hydrogens (primary N) is 1. The first-order chi connectivity index (χ1) is 6.94. The zero-order valence-electron chi connectivity index (χ0n) is 8.02. The zero-order chi connectivity index (χ0) is 11.5. The molecule has 7 heteroatoms. The smallest absolute Gasteiger partial charge is 0.267 e. The number of benzene rings is 1. The summed E-state index contributed by atoms with van der Waals surface area (Å²) in [4.78, 5) is 11.2. The van der Waals surface area contributed by atoms with Gasteiger partial charge in [0, 0.05) is 0 Å². The van der Waals surface area contributed by atoms with Crippen molar-refractivity contribution in [3.8, 4) is 0 Å². The molecule has 1 aromatic carbocycles. The maximum atomic E-state index is 11.2. The lowest BCUT2D eigenvalue weighted by Crippen LogP contribution is -2.30. The molecule has 0 heterocycles. The van der Waals surface area contributed by atoms with Gasteiger partial charge in [-0.05, 0) is 12.1 Å². The molecule has 0 radical (unpaired) electrons. The average Bonchev–Trinajstić information content (AvgIpc) is 2.15. The van der Waals surface area contributed by atoms with Crippen LogP contribution in [0.2, 0.25) is 0 Å². The van der Waals surface area contributed by atoms with Crippen molar-refractivity contribution in [3.05, 3.63) is 29.8 Å². The van der Waals surface area contributed by atoms with Gasteiger partial charge in [0.15, 0.2) is 0 Å². The number of amides is 1. The fraction of sp³-hybridized carbons (Fsp3) is 0.125. The molecular weight excluding hydrogens is 218 g/mol. The molecule has 0 saturated heterocycles. The molecule has 0 aliphatic carbocycles. The Morgan fingerprint density at radius 1 is 1.33 bits per heavy atom. The van der Waals surface area contributed by atoms with Gasteiger partial charge in [-0.2, -0.15) is 0 Å². The lowest BCUT2D eigenvalue weighted by molar-refractivity contribution is 0.0954. The summed E-state index contributed by atoms with van der Waals surface area (Å²) < 4.78 is 24.2. The molecule has 6 nitrogen and oxygen atoms in total. The Hall–Kier alpha value is -1.60. The largest absolute Gasteiger partial charge is 0.290 e. The second-order valence-electron chi connectivity index (χ2n) is 2.89. The van der Waals surface area contributed by atoms with Gasteiger partial charge in [0.2, 0.25) is 10.0 Å². The molecule has 0 saturated carbocycles. The number of hydrogen-bond donors (Lipinski definition) is 3. The van der Waals surface area contributed by atoms with Gasteiger partial charge < -0.3 is 0 Å². The van der Waals surface area contributed by atoms with Crippen LogP contribution in [0, 0.1) is 0 Å². The van der Waals surface area contributed by atoms with Crippen molar-refractivity contribution in [1.29, 1.82) is 0 Å². The molecule has 1 aromatic rings. The van der Waals surface area contributed by atoms with E-state index in [0.717, 1.165) is 6.26 Å². The Kier molecular flexibility index (Phi) is 3.28. The van der Waals surface area contributed by atoms with Crippen molar-refractivity contribution >= 4 is 21.6 Å². The number of carbonyl (C=O) groups is 1. The lowest BCUT2D eigenvalue weighted by Gasteiger charge is -2.08. The summed E-state index contributed by atoms with van der Waals surface area (Å²) in [7, 11) is -3.41. The predicted molar refractivity (Wildman–Crippen MR) is 56.6 cm³/mol. The summed E-state index contributed by atoms with van der Waals surface area (Å²) in [6.07, 6.45) is 1.00. The molecule has 82 valence electrons. The van der Waals surface area contributed by atoms with Gasteiger partial charge >= 0.3 is 0 Å². The summed E-state index contributed by atoms with van der Waals surface area (Å²) >= 11 is 0. The Morgan fingerprint density at radius 3 is 2.47 bits per heavy atom. The maximum absolute atomic E-state index is 11.2. The minimum absolute atomic E-state index is 0.172. The number of carbonyl (C=O) groups excluding carboxylic acids is 1. The van der Waals surface area contributed by atoms with E-state index in [0.29, 0.717) is 0 Å². The predicted octanol–water partition coefficient (Wildman–Crippen LogP) is -0.338. The topological polar surface area (TPSA) is 101 Å². The Balaban J connectivity index is 3.13. The van der Waals surface area contributed by atoms with Crippen molar-refractivity contribution in [2.75, 3.05) is 11.0 Å². The summed E-state index contributed by atoms with van der Waals surface area (Å²) in [6.45, 7) is 0. The van der Waals surface area contributed by atoms with Crippen LogP contribution in [-0.4, -0.2) is 20.6 Å². The lowest BCUT2D eigenvalue weighted by atomic mass is 10.2. The van der Waals surface area contributed by atoms with Gasteiger partial charge in [0.1, 0.15) is 0 Å². The average molecular weight is 229 g/mol. The van der Waals surface area contributed by atoms with E-state index in [2.05, 4.69) is 4.72 Å². The minimum atomic E-state index is -3.41. The van der Waals surface area contributed by atoms with Crippen LogP contribution < -0.4 is 16.0 Å². The molecule has 1 amide bonds. The van der Waals surface area contributed by atoms with Crippen molar-refractivity contribution in [2.45, 2.75) is 0 Å². The summed E-state index contributed by atoms with van der Waals surface area (Å²) in [5.41, 5.74) is 2.30. The zero-order valence-corrected chi connectivity index (χ0v) is 8.84. The van der Waals surface area contributed by atoms with Crippen LogP contribution in [0.15, 0.2) is 24.3 Å². The van der Waals surface area contributed by atoms with E-state index in [4.69, 9.17) is 5.84 Å². The van der Waals surface area contributed by atoms with Crippen molar-refractivity contribution in [1.82, 2.24) is 5.43 Å². The van der Waals surface area contributed by atoms with Gasteiger partial charge in [-0.25, -0.2) is 14.3 Å². The molecule has 0 spiro atoms. The molecule has 0 aliphatic rings. The number of hydrogen-bond acceptors (Lipinski definition) is 4. The molecule has 4 N–H and O–H groups in total. The van der Waals surface area contributed by atoms with E-state index in [9.17, 15) is 13.2 Å². The highest BCUT2D eigenvalue weighted by molar-refractivity contribution is 7.92. The van der Waals surface area contributed by atoms with Crippen molar-refractivity contribution in [2.24, 2.45) is 5.84 Å². The Bertz CT molecular complexity index is 470. The van der Waals surface area contributed by atoms with Gasteiger partial charge in [-0.15, -0.1) is 0 Å². The highest BCUT2D eigenvalue weighted by atomic mass is 32.2. The van der Waals surface area contributed by atoms with E-state index in [-0.39, 0.29) is 11.3 Å². The van der Waals surface area contributed by atoms with Crippen LogP contribution in [-0.2, 0) is 10.0 Å².